The largest absolute Gasteiger partial charge is 0.494 e. The third-order valence-corrected chi connectivity index (χ3v) is 14.0. The molecule has 25 heteroatoms. The summed E-state index contributed by atoms with van der Waals surface area (Å²) < 4.78 is 314. The van der Waals surface area contributed by atoms with Crippen LogP contribution < -0.4 is 57.3 Å². The van der Waals surface area contributed by atoms with Crippen LogP contribution in [0, 0.1) is 130 Å². The Hall–Kier alpha value is -5.89. The molecule has 0 spiro atoms. The van der Waals surface area contributed by atoms with Crippen molar-refractivity contribution in [2.75, 3.05) is 20.8 Å². The molecule has 0 heterocycles. The fourth-order valence-electron chi connectivity index (χ4n) is 7.74. The second kappa shape index (κ2) is 23.3. The van der Waals surface area contributed by atoms with E-state index in [0.717, 1.165) is 35.8 Å². The average Bonchev–Trinajstić information content (AvgIpc) is 3.36. The van der Waals surface area contributed by atoms with Gasteiger partial charge in [-0.1, -0.05) is 39.0 Å². The number of aryl methyl sites for hydroxylation is 1. The minimum atomic E-state index is -7.22. The van der Waals surface area contributed by atoms with Crippen molar-refractivity contribution in [3.63, 3.8) is 0 Å². The van der Waals surface area contributed by atoms with Gasteiger partial charge >= 0.3 is 21.2 Å². The molecule has 0 saturated heterocycles. The fourth-order valence-corrected chi connectivity index (χ4v) is 10.4. The number of hydrogen-bond acceptors (Lipinski definition) is 3. The molecule has 0 N–H and O–H groups in total. The van der Waals surface area contributed by atoms with Crippen LogP contribution in [0.15, 0.2) is 36.4 Å². The van der Waals surface area contributed by atoms with Crippen LogP contribution in [0.1, 0.15) is 51.0 Å². The lowest BCUT2D eigenvalue weighted by Crippen LogP contribution is -3.61. The normalized spacial score (nSPS) is 11.5. The molecule has 6 rings (SSSR count). The highest BCUT2D eigenvalue weighted by Crippen LogP contribution is 2.31. The maximum Gasteiger partial charge on any atom is 0.366 e. The zero-order chi connectivity index (χ0) is 53.8. The Bertz CT molecular complexity index is 2600. The number of halogens is 21. The molecule has 0 atom stereocenters. The molecule has 0 aliphatic carbocycles. The first-order chi connectivity index (χ1) is 33.9. The molecule has 0 bridgehead atoms. The van der Waals surface area contributed by atoms with Crippen molar-refractivity contribution in [2.45, 2.75) is 52.4 Å². The monoisotopic (exact) mass is 1160 g/mol. The lowest BCUT2D eigenvalue weighted by atomic mass is 9.12. The molecule has 0 amide bonds. The highest BCUT2D eigenvalue weighted by Gasteiger charge is 2.52. The van der Waals surface area contributed by atoms with Crippen molar-refractivity contribution in [3.8, 4) is 17.2 Å². The maximum atomic E-state index is 15.4. The van der Waals surface area contributed by atoms with Crippen molar-refractivity contribution >= 4 is 28.0 Å². The van der Waals surface area contributed by atoms with Gasteiger partial charge in [0.1, 0.15) is 58.4 Å². The quantitative estimate of drug-likeness (QED) is 0.0243. The van der Waals surface area contributed by atoms with Gasteiger partial charge in [-0.15, -0.1) is 21.9 Å². The molecule has 6 aromatic rings. The number of benzene rings is 6. The second-order valence-corrected chi connectivity index (χ2v) is 18.3. The smallest absolute Gasteiger partial charge is 0.366 e. The first-order valence-corrected chi connectivity index (χ1v) is 22.9. The van der Waals surface area contributed by atoms with Crippen molar-refractivity contribution in [2.24, 2.45) is 0 Å². The van der Waals surface area contributed by atoms with Gasteiger partial charge in [0, 0.05) is 0 Å². The van der Waals surface area contributed by atoms with Gasteiger partial charge in [-0.25, -0.2) is 87.8 Å². The summed E-state index contributed by atoms with van der Waals surface area (Å²) in [5, 5.41) is 0. The van der Waals surface area contributed by atoms with Crippen LogP contribution >= 0.6 is 0 Å². The van der Waals surface area contributed by atoms with E-state index in [-0.39, 0.29) is 21.2 Å². The third-order valence-electron chi connectivity index (χ3n) is 11.1. The molecule has 0 unspecified atom stereocenters. The van der Waals surface area contributed by atoms with Crippen LogP contribution in [0.4, 0.5) is 87.8 Å². The Labute approximate surface area is 405 Å². The number of rotatable bonds is 16. The predicted octanol–water partition coefficient (Wildman–Crippen LogP) is 8.73. The Morgan fingerprint density at radius 1 is 0.389 bits per heavy atom. The summed E-state index contributed by atoms with van der Waals surface area (Å²) >= 11 is -0.384. The molecule has 0 saturated carbocycles. The van der Waals surface area contributed by atoms with Crippen molar-refractivity contribution in [1.82, 2.24) is 0 Å². The van der Waals surface area contributed by atoms with Gasteiger partial charge in [0.2, 0.25) is 0 Å². The van der Waals surface area contributed by atoms with Gasteiger partial charge in [-0.05, 0) is 55.3 Å². The predicted molar refractivity (Wildman–Crippen MR) is 216 cm³/mol. The summed E-state index contributed by atoms with van der Waals surface area (Å²) in [6.45, 7) is 5.11. The molecule has 0 aliphatic rings. The van der Waals surface area contributed by atoms with E-state index in [1.807, 2.05) is 0 Å². The van der Waals surface area contributed by atoms with Crippen LogP contribution in [-0.2, 0) is 0 Å². The molecule has 0 aromatic heterocycles. The molecular weight excluding hydrogens is 1130 g/mol. The highest BCUT2D eigenvalue weighted by atomic mass is 127. The third kappa shape index (κ3) is 10.3. The molecule has 388 valence electrons. The van der Waals surface area contributed by atoms with E-state index >= 15 is 35.1 Å². The van der Waals surface area contributed by atoms with Crippen LogP contribution in [0.5, 0.6) is 17.2 Å². The molecule has 0 fully saturated rings. The van der Waals surface area contributed by atoms with E-state index in [2.05, 4.69) is 50.2 Å². The first-order valence-electron chi connectivity index (χ1n) is 20.7. The lowest BCUT2D eigenvalue weighted by Gasteiger charge is -2.44. The van der Waals surface area contributed by atoms with E-state index < -0.39 is 144 Å². The standard InChI is InChI=1S/C24BF20.C23H32IO3/c26-5-1(6(27)14(35)21(42)13(5)34)25(2-7(28)15(36)22(43)16(37)8(2)29,3-9(30)17(38)23(44)18(39)10(3)31)4-11(32)19(40)24(45)20(41)12(4)33;1-5-6-7-8-9-10-15-27-20-13-11-19(12-14-20)24-23-21(25-3)16-18(2)17-22(23)26-4/h;11-14,16-17H,5-10,15H2,1-4H3/q-1;+1. The van der Waals surface area contributed by atoms with Crippen LogP contribution in [-0.4, -0.2) is 27.0 Å². The van der Waals surface area contributed by atoms with Crippen LogP contribution in [0.3, 0.4) is 0 Å². The first kappa shape index (κ1) is 57.0. The van der Waals surface area contributed by atoms with E-state index in [1.54, 1.807) is 14.2 Å². The zero-order valence-corrected chi connectivity index (χ0v) is 39.3. The average molecular weight is 1160 g/mol. The SMILES string of the molecule is CCCCCCCCOc1ccc([I+]c2c(OC)cc(C)cc2OC)cc1.Fc1c(F)c(F)c([B-](c2c(F)c(F)c(F)c(F)c2F)(c2c(F)c(F)c(F)c(F)c2F)c2c(F)c(F)c(F)c(F)c2F)c(F)c1F. The van der Waals surface area contributed by atoms with Crippen molar-refractivity contribution in [3.05, 3.63) is 165 Å². The molecule has 6 aromatic carbocycles. The van der Waals surface area contributed by atoms with Gasteiger partial charge in [0.25, 0.3) is 3.57 Å². The fraction of sp³-hybridized carbons (Fsp3) is 0.234. The Morgan fingerprint density at radius 3 is 0.958 bits per heavy atom. The Morgan fingerprint density at radius 2 is 0.667 bits per heavy atom. The summed E-state index contributed by atoms with van der Waals surface area (Å²) in [6, 6.07) is 12.7. The molecule has 72 heavy (non-hydrogen) atoms. The van der Waals surface area contributed by atoms with Crippen molar-refractivity contribution < 1.29 is 123 Å². The molecule has 0 aliphatic heterocycles. The Kier molecular flexibility index (Phi) is 18.5. The Balaban J connectivity index is 0.000000304. The lowest BCUT2D eigenvalue weighted by molar-refractivity contribution is -0.598. The van der Waals surface area contributed by atoms with E-state index in [1.165, 1.54) is 39.2 Å². The summed E-state index contributed by atoms with van der Waals surface area (Å²) in [5.41, 5.74) is -13.2. The maximum absolute atomic E-state index is 15.4. The summed E-state index contributed by atoms with van der Waals surface area (Å²) in [7, 11) is 3.45. The van der Waals surface area contributed by atoms with Crippen LogP contribution in [0.2, 0.25) is 0 Å². The van der Waals surface area contributed by atoms with E-state index in [0.29, 0.717) is 0 Å². The minimum absolute atomic E-state index is 0.384. The van der Waals surface area contributed by atoms with Gasteiger partial charge in [0.15, 0.2) is 84.9 Å². The van der Waals surface area contributed by atoms with E-state index in [4.69, 9.17) is 14.2 Å². The highest BCUT2D eigenvalue weighted by molar-refractivity contribution is 7.20. The number of ether oxygens (including phenoxy) is 3. The van der Waals surface area contributed by atoms with Gasteiger partial charge in [0.05, 0.1) is 20.8 Å². The van der Waals surface area contributed by atoms with E-state index in [9.17, 15) is 52.7 Å². The summed E-state index contributed by atoms with van der Waals surface area (Å²) in [6.07, 6.45) is 0.493. The number of unbranched alkanes of at least 4 members (excludes halogenated alkanes) is 5. The molecular formula is C47H32BF20IO3. The molecule has 0 radical (unpaired) electrons. The number of hydrogen-bond donors (Lipinski definition) is 0. The van der Waals surface area contributed by atoms with Gasteiger partial charge in [-0.3, -0.25) is 0 Å². The van der Waals surface area contributed by atoms with Gasteiger partial charge in [-0.2, -0.15) is 0 Å². The molecule has 3 nitrogen and oxygen atoms in total. The van der Waals surface area contributed by atoms with Crippen molar-refractivity contribution in [1.29, 1.82) is 0 Å². The minimum Gasteiger partial charge on any atom is -0.494 e. The van der Waals surface area contributed by atoms with Gasteiger partial charge < -0.3 is 14.2 Å². The summed E-state index contributed by atoms with van der Waals surface area (Å²) in [5.74, 6) is -68.6. The second-order valence-electron chi connectivity index (χ2n) is 15.4. The summed E-state index contributed by atoms with van der Waals surface area (Å²) in [4.78, 5) is 0. The topological polar surface area (TPSA) is 27.7 Å². The van der Waals surface area contributed by atoms with Crippen LogP contribution in [0.25, 0.3) is 0 Å². The zero-order valence-electron chi connectivity index (χ0n) is 37.2. The number of methoxy groups -OCH3 is 2.